The zero-order chi connectivity index (χ0) is 28.8. The molecule has 2 aromatic carbocycles. The van der Waals surface area contributed by atoms with Gasteiger partial charge in [0, 0.05) is 36.2 Å². The van der Waals surface area contributed by atoms with Crippen LogP contribution in [0.3, 0.4) is 0 Å². The number of hydrogen-bond donors (Lipinski definition) is 2. The smallest absolute Gasteiger partial charge is 0.329 e. The van der Waals surface area contributed by atoms with Gasteiger partial charge >= 0.3 is 5.97 Å². The number of aliphatic carboxylic acids is 1. The third-order valence-corrected chi connectivity index (χ3v) is 9.91. The summed E-state index contributed by atoms with van der Waals surface area (Å²) >= 11 is 12.6. The third kappa shape index (κ3) is 5.06. The molecule has 41 heavy (non-hydrogen) atoms. The Morgan fingerprint density at radius 3 is 2.68 bits per heavy atom. The second-order valence-corrected chi connectivity index (χ2v) is 12.8. The van der Waals surface area contributed by atoms with Gasteiger partial charge in [0.25, 0.3) is 0 Å². The Morgan fingerprint density at radius 2 is 1.93 bits per heavy atom. The number of hydrogen-bond acceptors (Lipinski definition) is 4. The summed E-state index contributed by atoms with van der Waals surface area (Å²) in [5.74, 6) is 0.706. The lowest BCUT2D eigenvalue weighted by molar-refractivity contribution is -0.144. The number of anilines is 1. The van der Waals surface area contributed by atoms with E-state index in [-0.39, 0.29) is 5.41 Å². The number of carbonyl (C=O) groups is 1. The molecule has 0 aliphatic heterocycles. The Hall–Kier alpha value is -3.22. The molecule has 2 aromatic heterocycles. The van der Waals surface area contributed by atoms with Gasteiger partial charge in [0.05, 0.1) is 11.6 Å². The lowest BCUT2D eigenvalue weighted by Crippen LogP contribution is -2.53. The molecule has 1 unspecified atom stereocenters. The quantitative estimate of drug-likeness (QED) is 0.218. The molecule has 1 spiro atoms. The first-order valence-electron chi connectivity index (χ1n) is 14.3. The zero-order valence-corrected chi connectivity index (χ0v) is 24.9. The first kappa shape index (κ1) is 27.9. The van der Waals surface area contributed by atoms with Gasteiger partial charge in [-0.3, -0.25) is 4.98 Å². The van der Waals surface area contributed by atoms with Crippen molar-refractivity contribution in [3.05, 3.63) is 88.2 Å². The molecule has 2 aliphatic carbocycles. The monoisotopic (exact) mass is 591 g/mol. The highest BCUT2D eigenvalue weighted by Gasteiger charge is 2.54. The number of carboxylic acid groups (broad SMARTS) is 1. The minimum Gasteiger partial charge on any atom is -0.491 e. The van der Waals surface area contributed by atoms with E-state index in [0.717, 1.165) is 48.2 Å². The number of carboxylic acids is 1. The maximum atomic E-state index is 12.7. The summed E-state index contributed by atoms with van der Waals surface area (Å²) in [7, 11) is 1.95. The van der Waals surface area contributed by atoms with E-state index in [2.05, 4.69) is 41.5 Å². The summed E-state index contributed by atoms with van der Waals surface area (Å²) < 4.78 is 8.32. The topological polar surface area (TPSA) is 76.4 Å². The molecule has 0 radical (unpaired) electrons. The van der Waals surface area contributed by atoms with Crippen LogP contribution < -0.4 is 10.1 Å². The van der Waals surface area contributed by atoms with Crippen LogP contribution >= 0.6 is 23.2 Å². The third-order valence-electron chi connectivity index (χ3n) is 9.40. The van der Waals surface area contributed by atoms with Crippen LogP contribution in [-0.2, 0) is 23.7 Å². The summed E-state index contributed by atoms with van der Waals surface area (Å²) in [6.45, 7) is 2.83. The molecule has 1 fully saturated rings. The van der Waals surface area contributed by atoms with E-state index >= 15 is 0 Å². The van der Waals surface area contributed by atoms with E-state index in [0.29, 0.717) is 41.3 Å². The van der Waals surface area contributed by atoms with Crippen LogP contribution in [0.25, 0.3) is 11.0 Å². The van der Waals surface area contributed by atoms with Gasteiger partial charge in [0.1, 0.15) is 22.3 Å². The standard InChI is InChI=1S/C33H35Cl2N3O3/c1-21(20-41-28-10-15-36-29-27(35)19-38(2)30(28)29)16-23-17-22-6-3-4-9-26(22)32(23)11-13-33(14-12-32,31(39)40)37-25-8-5-7-24(34)18-25/h3-10,15,18-19,21,23,37H,11-14,16-17,20H2,1-2H3,(H,39,40)/t21-,23?,32?,33?/m1/s1. The number of ether oxygens (including phenoxy) is 1. The van der Waals surface area contributed by atoms with Crippen molar-refractivity contribution in [1.29, 1.82) is 0 Å². The van der Waals surface area contributed by atoms with Crippen LogP contribution in [-0.4, -0.2) is 32.8 Å². The zero-order valence-electron chi connectivity index (χ0n) is 23.4. The molecule has 1 saturated carbocycles. The molecule has 2 heterocycles. The summed E-state index contributed by atoms with van der Waals surface area (Å²) in [6.07, 6.45) is 8.33. The average molecular weight is 593 g/mol. The Labute approximate surface area is 250 Å². The number of pyridine rings is 1. The Bertz CT molecular complexity index is 1590. The van der Waals surface area contributed by atoms with Crippen molar-refractivity contribution in [3.8, 4) is 5.75 Å². The first-order chi connectivity index (χ1) is 19.7. The molecule has 0 amide bonds. The van der Waals surface area contributed by atoms with E-state index in [1.165, 1.54) is 11.1 Å². The van der Waals surface area contributed by atoms with Crippen molar-refractivity contribution in [2.45, 2.75) is 56.4 Å². The minimum atomic E-state index is -1.02. The highest BCUT2D eigenvalue weighted by Crippen LogP contribution is 2.56. The van der Waals surface area contributed by atoms with Gasteiger partial charge in [0.2, 0.25) is 0 Å². The summed E-state index contributed by atoms with van der Waals surface area (Å²) in [4.78, 5) is 17.1. The Balaban J connectivity index is 1.21. The lowest BCUT2D eigenvalue weighted by atomic mass is 9.59. The van der Waals surface area contributed by atoms with Crippen LogP contribution in [0.2, 0.25) is 10.0 Å². The van der Waals surface area contributed by atoms with Gasteiger partial charge in [-0.15, -0.1) is 0 Å². The van der Waals surface area contributed by atoms with E-state index in [1.54, 1.807) is 18.3 Å². The van der Waals surface area contributed by atoms with Gasteiger partial charge in [-0.1, -0.05) is 60.5 Å². The molecule has 6 nitrogen and oxygen atoms in total. The molecule has 2 N–H and O–H groups in total. The number of aromatic nitrogens is 2. The molecule has 214 valence electrons. The van der Waals surface area contributed by atoms with Gasteiger partial charge in [-0.25, -0.2) is 4.79 Å². The van der Waals surface area contributed by atoms with Crippen molar-refractivity contribution < 1.29 is 14.6 Å². The lowest BCUT2D eigenvalue weighted by Gasteiger charge is -2.47. The van der Waals surface area contributed by atoms with Crippen LogP contribution in [0.4, 0.5) is 5.69 Å². The van der Waals surface area contributed by atoms with Gasteiger partial charge in [-0.2, -0.15) is 0 Å². The number of nitrogens with zero attached hydrogens (tertiary/aromatic N) is 2. The molecule has 6 rings (SSSR count). The Kier molecular flexibility index (Phi) is 7.41. The fourth-order valence-corrected chi connectivity index (χ4v) is 7.83. The largest absolute Gasteiger partial charge is 0.491 e. The summed E-state index contributed by atoms with van der Waals surface area (Å²) in [5, 5.41) is 15.0. The van der Waals surface area contributed by atoms with Crippen molar-refractivity contribution in [2.24, 2.45) is 18.9 Å². The molecular formula is C33H35Cl2N3O3. The van der Waals surface area contributed by atoms with E-state index in [9.17, 15) is 9.90 Å². The van der Waals surface area contributed by atoms with E-state index in [1.807, 2.05) is 36.0 Å². The molecule has 2 atom stereocenters. The molecular weight excluding hydrogens is 557 g/mol. The number of fused-ring (bicyclic) bond motifs is 3. The first-order valence-corrected chi connectivity index (χ1v) is 15.0. The van der Waals surface area contributed by atoms with Crippen molar-refractivity contribution in [1.82, 2.24) is 9.55 Å². The van der Waals surface area contributed by atoms with Crippen LogP contribution in [0, 0.1) is 11.8 Å². The van der Waals surface area contributed by atoms with E-state index < -0.39 is 11.5 Å². The van der Waals surface area contributed by atoms with Crippen LogP contribution in [0.15, 0.2) is 67.0 Å². The van der Waals surface area contributed by atoms with E-state index in [4.69, 9.17) is 27.9 Å². The van der Waals surface area contributed by atoms with Crippen molar-refractivity contribution in [2.75, 3.05) is 11.9 Å². The van der Waals surface area contributed by atoms with Crippen LogP contribution in [0.5, 0.6) is 5.75 Å². The number of aryl methyl sites for hydroxylation is 1. The number of benzene rings is 2. The fourth-order valence-electron chi connectivity index (χ4n) is 7.36. The highest BCUT2D eigenvalue weighted by molar-refractivity contribution is 6.35. The van der Waals surface area contributed by atoms with Crippen LogP contribution in [0.1, 0.15) is 50.2 Å². The second kappa shape index (κ2) is 10.9. The molecule has 0 saturated heterocycles. The van der Waals surface area contributed by atoms with Crippen molar-refractivity contribution >= 4 is 45.9 Å². The number of rotatable bonds is 8. The molecule has 2 aliphatic rings. The fraction of sp³-hybridized carbons (Fsp3) is 0.394. The van der Waals surface area contributed by atoms with Gasteiger partial charge in [-0.05, 0) is 85.1 Å². The number of halogens is 2. The number of nitrogens with one attached hydrogen (secondary N) is 1. The van der Waals surface area contributed by atoms with Gasteiger partial charge < -0.3 is 19.7 Å². The minimum absolute atomic E-state index is 0.0462. The second-order valence-electron chi connectivity index (χ2n) is 12.0. The summed E-state index contributed by atoms with van der Waals surface area (Å²) in [6, 6.07) is 18.0. The normalized spacial score (nSPS) is 24.3. The molecule has 0 bridgehead atoms. The predicted molar refractivity (Wildman–Crippen MR) is 164 cm³/mol. The molecule has 4 aromatic rings. The highest BCUT2D eigenvalue weighted by atomic mass is 35.5. The SMILES string of the molecule is C[C@@H](COc1ccnc2c(Cl)cn(C)c12)CC1Cc2ccccc2C12CCC(Nc1cccc(Cl)c1)(C(=O)O)CC2. The summed E-state index contributed by atoms with van der Waals surface area (Å²) in [5.41, 5.74) is 4.12. The Morgan fingerprint density at radius 1 is 1.15 bits per heavy atom. The van der Waals surface area contributed by atoms with Crippen molar-refractivity contribution in [3.63, 3.8) is 0 Å². The van der Waals surface area contributed by atoms with Gasteiger partial charge in [0.15, 0.2) is 0 Å². The predicted octanol–water partition coefficient (Wildman–Crippen LogP) is 7.90. The average Bonchev–Trinajstić information content (AvgIpc) is 3.42. The maximum absolute atomic E-state index is 12.7. The molecule has 8 heteroatoms. The maximum Gasteiger partial charge on any atom is 0.329 e.